The SMILES string of the molecule is CC[C@@H]1OCC[C@H]1C(=O)Nc1cc(F)c(F)cc1NC(C)=O. The minimum atomic E-state index is -1.10. The van der Waals surface area contributed by atoms with Crippen LogP contribution < -0.4 is 10.6 Å². The fourth-order valence-electron chi connectivity index (χ4n) is 2.52. The number of amides is 2. The Bertz CT molecular complexity index is 592. The molecule has 7 heteroatoms. The largest absolute Gasteiger partial charge is 0.377 e. The lowest BCUT2D eigenvalue weighted by atomic mass is 9.98. The molecule has 5 nitrogen and oxygen atoms in total. The normalized spacial score (nSPS) is 20.7. The first-order valence-electron chi connectivity index (χ1n) is 7.11. The number of hydrogen-bond acceptors (Lipinski definition) is 3. The van der Waals surface area contributed by atoms with Crippen molar-refractivity contribution in [3.8, 4) is 0 Å². The van der Waals surface area contributed by atoms with Gasteiger partial charge in [-0.25, -0.2) is 8.78 Å². The second kappa shape index (κ2) is 6.83. The van der Waals surface area contributed by atoms with Gasteiger partial charge in [-0.15, -0.1) is 0 Å². The van der Waals surface area contributed by atoms with E-state index in [1.807, 2.05) is 6.92 Å². The standard InChI is InChI=1S/C15H18F2N2O3/c1-3-14-9(4-5-22-14)15(21)19-13-7-11(17)10(16)6-12(13)18-8(2)20/h6-7,9,14H,3-5H2,1-2H3,(H,18,20)(H,19,21)/t9-,14+/m1/s1. The highest BCUT2D eigenvalue weighted by Gasteiger charge is 2.33. The Morgan fingerprint density at radius 1 is 1.23 bits per heavy atom. The van der Waals surface area contributed by atoms with E-state index < -0.39 is 17.5 Å². The highest BCUT2D eigenvalue weighted by atomic mass is 19.2. The van der Waals surface area contributed by atoms with Gasteiger partial charge in [0.15, 0.2) is 11.6 Å². The second-order valence-electron chi connectivity index (χ2n) is 5.19. The molecular weight excluding hydrogens is 294 g/mol. The minimum absolute atomic E-state index is 0.0201. The maximum absolute atomic E-state index is 13.4. The summed E-state index contributed by atoms with van der Waals surface area (Å²) in [6.45, 7) is 3.65. The smallest absolute Gasteiger partial charge is 0.230 e. The van der Waals surface area contributed by atoms with E-state index in [-0.39, 0.29) is 29.3 Å². The molecule has 0 aliphatic carbocycles. The molecule has 1 aromatic rings. The van der Waals surface area contributed by atoms with Gasteiger partial charge in [0.25, 0.3) is 0 Å². The molecule has 1 fully saturated rings. The molecule has 2 amide bonds. The number of rotatable bonds is 4. The van der Waals surface area contributed by atoms with E-state index in [9.17, 15) is 18.4 Å². The molecule has 1 aliphatic rings. The van der Waals surface area contributed by atoms with Gasteiger partial charge in [-0.2, -0.15) is 0 Å². The third-order valence-corrected chi connectivity index (χ3v) is 3.58. The molecule has 1 aliphatic heterocycles. The molecule has 1 aromatic carbocycles. The van der Waals surface area contributed by atoms with Crippen LogP contribution in [0.2, 0.25) is 0 Å². The van der Waals surface area contributed by atoms with Crippen molar-refractivity contribution in [3.63, 3.8) is 0 Å². The van der Waals surface area contributed by atoms with Crippen molar-refractivity contribution in [2.24, 2.45) is 5.92 Å². The first-order valence-corrected chi connectivity index (χ1v) is 7.11. The lowest BCUT2D eigenvalue weighted by molar-refractivity contribution is -0.121. The van der Waals surface area contributed by atoms with Gasteiger partial charge < -0.3 is 15.4 Å². The summed E-state index contributed by atoms with van der Waals surface area (Å²) in [5.41, 5.74) is 0.0487. The van der Waals surface area contributed by atoms with Crippen molar-refractivity contribution in [1.29, 1.82) is 0 Å². The van der Waals surface area contributed by atoms with Crippen molar-refractivity contribution in [1.82, 2.24) is 0 Å². The monoisotopic (exact) mass is 312 g/mol. The van der Waals surface area contributed by atoms with Gasteiger partial charge in [-0.3, -0.25) is 9.59 Å². The van der Waals surface area contributed by atoms with Gasteiger partial charge in [0.1, 0.15) is 0 Å². The van der Waals surface area contributed by atoms with Gasteiger partial charge in [0.2, 0.25) is 11.8 Å². The summed E-state index contributed by atoms with van der Waals surface area (Å²) in [7, 11) is 0. The molecule has 0 saturated carbocycles. The molecule has 22 heavy (non-hydrogen) atoms. The number of anilines is 2. The Morgan fingerprint density at radius 2 is 1.82 bits per heavy atom. The van der Waals surface area contributed by atoms with E-state index in [1.165, 1.54) is 6.92 Å². The highest BCUT2D eigenvalue weighted by molar-refractivity contribution is 5.99. The summed E-state index contributed by atoms with van der Waals surface area (Å²) >= 11 is 0. The van der Waals surface area contributed by atoms with E-state index in [0.717, 1.165) is 12.1 Å². The van der Waals surface area contributed by atoms with Crippen LogP contribution in [0.3, 0.4) is 0 Å². The predicted octanol–water partition coefficient (Wildman–Crippen LogP) is 2.68. The lowest BCUT2D eigenvalue weighted by Crippen LogP contribution is -2.29. The number of benzene rings is 1. The summed E-state index contributed by atoms with van der Waals surface area (Å²) in [5.74, 6) is -3.32. The summed E-state index contributed by atoms with van der Waals surface area (Å²) in [6, 6.07) is 1.70. The van der Waals surface area contributed by atoms with Crippen molar-refractivity contribution in [3.05, 3.63) is 23.8 Å². The summed E-state index contributed by atoms with van der Waals surface area (Å²) in [4.78, 5) is 23.4. The number of ether oxygens (including phenoxy) is 1. The number of carbonyl (C=O) groups is 2. The summed E-state index contributed by atoms with van der Waals surface area (Å²) < 4.78 is 32.2. The molecule has 0 spiro atoms. The first kappa shape index (κ1) is 16.4. The van der Waals surface area contributed by atoms with E-state index in [0.29, 0.717) is 19.4 Å². The fourth-order valence-corrected chi connectivity index (χ4v) is 2.52. The van der Waals surface area contributed by atoms with Crippen LogP contribution in [-0.2, 0) is 14.3 Å². The first-order chi connectivity index (χ1) is 10.4. The average Bonchev–Trinajstić information content (AvgIpc) is 2.92. The zero-order valence-corrected chi connectivity index (χ0v) is 12.4. The van der Waals surface area contributed by atoms with Gasteiger partial charge in [-0.05, 0) is 12.8 Å². The Kier molecular flexibility index (Phi) is 5.07. The molecule has 1 heterocycles. The fraction of sp³-hybridized carbons (Fsp3) is 0.467. The van der Waals surface area contributed by atoms with Crippen molar-refractivity contribution < 1.29 is 23.1 Å². The van der Waals surface area contributed by atoms with E-state index in [2.05, 4.69) is 10.6 Å². The van der Waals surface area contributed by atoms with Crippen molar-refractivity contribution in [2.45, 2.75) is 32.8 Å². The zero-order chi connectivity index (χ0) is 16.3. The average molecular weight is 312 g/mol. The summed E-state index contributed by atoms with van der Waals surface area (Å²) in [6.07, 6.45) is 1.08. The van der Waals surface area contributed by atoms with Crippen molar-refractivity contribution in [2.75, 3.05) is 17.2 Å². The minimum Gasteiger partial charge on any atom is -0.377 e. The zero-order valence-electron chi connectivity index (χ0n) is 12.4. The Balaban J connectivity index is 2.22. The summed E-state index contributed by atoms with van der Waals surface area (Å²) in [5, 5.41) is 4.92. The topological polar surface area (TPSA) is 67.4 Å². The highest BCUT2D eigenvalue weighted by Crippen LogP contribution is 2.29. The maximum atomic E-state index is 13.4. The van der Waals surface area contributed by atoms with Crippen LogP contribution in [0.25, 0.3) is 0 Å². The molecule has 0 bridgehead atoms. The van der Waals surface area contributed by atoms with Crippen LogP contribution in [0.15, 0.2) is 12.1 Å². The van der Waals surface area contributed by atoms with Crippen LogP contribution in [0.5, 0.6) is 0 Å². The lowest BCUT2D eigenvalue weighted by Gasteiger charge is -2.18. The van der Waals surface area contributed by atoms with Crippen LogP contribution >= 0.6 is 0 Å². The molecule has 1 saturated heterocycles. The molecule has 0 unspecified atom stereocenters. The van der Waals surface area contributed by atoms with Gasteiger partial charge in [0.05, 0.1) is 23.4 Å². The Morgan fingerprint density at radius 3 is 2.36 bits per heavy atom. The predicted molar refractivity (Wildman–Crippen MR) is 77.4 cm³/mol. The third kappa shape index (κ3) is 3.59. The van der Waals surface area contributed by atoms with Crippen molar-refractivity contribution >= 4 is 23.2 Å². The van der Waals surface area contributed by atoms with Crippen LogP contribution in [0.4, 0.5) is 20.2 Å². The Hall–Kier alpha value is -2.02. The molecule has 0 radical (unpaired) electrons. The number of nitrogens with one attached hydrogen (secondary N) is 2. The molecule has 2 atom stereocenters. The molecule has 2 N–H and O–H groups in total. The number of hydrogen-bond donors (Lipinski definition) is 2. The van der Waals surface area contributed by atoms with E-state index >= 15 is 0 Å². The van der Waals surface area contributed by atoms with Gasteiger partial charge >= 0.3 is 0 Å². The van der Waals surface area contributed by atoms with Crippen LogP contribution in [0.1, 0.15) is 26.7 Å². The molecule has 0 aromatic heterocycles. The number of carbonyl (C=O) groups excluding carboxylic acids is 2. The van der Waals surface area contributed by atoms with Crippen LogP contribution in [0, 0.1) is 17.6 Å². The Labute approximate surface area is 127 Å². The van der Waals surface area contributed by atoms with Gasteiger partial charge in [0, 0.05) is 25.7 Å². The molecule has 2 rings (SSSR count). The van der Waals surface area contributed by atoms with E-state index in [4.69, 9.17) is 4.74 Å². The molecular formula is C15H18F2N2O3. The van der Waals surface area contributed by atoms with Crippen LogP contribution in [-0.4, -0.2) is 24.5 Å². The third-order valence-electron chi connectivity index (χ3n) is 3.58. The number of halogens is 2. The van der Waals surface area contributed by atoms with E-state index in [1.54, 1.807) is 0 Å². The maximum Gasteiger partial charge on any atom is 0.230 e. The van der Waals surface area contributed by atoms with Gasteiger partial charge in [-0.1, -0.05) is 6.92 Å². The molecule has 120 valence electrons. The quantitative estimate of drug-likeness (QED) is 0.898. The second-order valence-corrected chi connectivity index (χ2v) is 5.19.